The third-order valence-electron chi connectivity index (χ3n) is 4.33. The Morgan fingerprint density at radius 1 is 1.00 bits per heavy atom. The lowest BCUT2D eigenvalue weighted by molar-refractivity contribution is 0.619. The fraction of sp³-hybridized carbons (Fsp3) is 0.158. The number of rotatable bonds is 2. The zero-order chi connectivity index (χ0) is 17.6. The average molecular weight is 391 g/mol. The van der Waals surface area contributed by atoms with Crippen LogP contribution in [0, 0.1) is 6.92 Å². The highest BCUT2D eigenvalue weighted by atomic mass is 35.5. The molecule has 1 aliphatic rings. The van der Waals surface area contributed by atoms with E-state index in [4.69, 9.17) is 34.8 Å². The third kappa shape index (κ3) is 3.20. The third-order valence-corrected chi connectivity index (χ3v) is 5.38. The second-order valence-corrected chi connectivity index (χ2v) is 7.31. The van der Waals surface area contributed by atoms with Gasteiger partial charge >= 0.3 is 0 Å². The molecule has 1 atom stereocenters. The average Bonchev–Trinajstić information content (AvgIpc) is 3.06. The number of nitrogens with zero attached hydrogens (tertiary/aromatic N) is 2. The largest absolute Gasteiger partial charge is 0.302 e. The van der Waals surface area contributed by atoms with E-state index < -0.39 is 0 Å². The summed E-state index contributed by atoms with van der Waals surface area (Å²) < 4.78 is 0. The molecule has 2 heterocycles. The van der Waals surface area contributed by atoms with Gasteiger partial charge < -0.3 is 5.43 Å². The number of fused-ring (bicyclic) bond motifs is 1. The Morgan fingerprint density at radius 3 is 2.64 bits per heavy atom. The van der Waals surface area contributed by atoms with Gasteiger partial charge in [0.05, 0.1) is 27.3 Å². The van der Waals surface area contributed by atoms with Crippen LogP contribution in [-0.2, 0) is 0 Å². The molecule has 0 fully saturated rings. The van der Waals surface area contributed by atoms with Crippen molar-refractivity contribution in [2.45, 2.75) is 19.4 Å². The van der Waals surface area contributed by atoms with Crippen molar-refractivity contribution < 1.29 is 0 Å². The Bertz CT molecular complexity index is 1010. The lowest BCUT2D eigenvalue weighted by Gasteiger charge is -2.13. The summed E-state index contributed by atoms with van der Waals surface area (Å²) in [5.74, 6) is 0. The van der Waals surface area contributed by atoms with Gasteiger partial charge in [-0.05, 0) is 42.3 Å². The van der Waals surface area contributed by atoms with Crippen LogP contribution in [0.3, 0.4) is 0 Å². The van der Waals surface area contributed by atoms with E-state index in [1.165, 1.54) is 0 Å². The summed E-state index contributed by atoms with van der Waals surface area (Å²) in [5.41, 5.74) is 8.03. The number of hydrogen-bond acceptors (Lipinski definition) is 3. The molecule has 1 N–H and O–H groups in total. The standard InChI is InChI=1S/C19H14Cl3N3/c1-10-2-3-11-7-13(19(22)23-16(11)6-10)18-9-17(24-25-18)12-4-5-14(20)15(21)8-12/h2-8,18,25H,9H2,1H3. The zero-order valence-corrected chi connectivity index (χ0v) is 15.6. The van der Waals surface area contributed by atoms with Gasteiger partial charge in [0, 0.05) is 17.4 Å². The molecule has 0 amide bonds. The molecule has 3 aromatic rings. The van der Waals surface area contributed by atoms with Crippen molar-refractivity contribution in [1.29, 1.82) is 0 Å². The second kappa shape index (κ2) is 6.49. The fourth-order valence-corrected chi connectivity index (χ4v) is 3.57. The van der Waals surface area contributed by atoms with E-state index in [2.05, 4.69) is 33.7 Å². The minimum absolute atomic E-state index is 0.0184. The molecule has 25 heavy (non-hydrogen) atoms. The van der Waals surface area contributed by atoms with Gasteiger partial charge in [-0.3, -0.25) is 0 Å². The van der Waals surface area contributed by atoms with Crippen LogP contribution in [0.15, 0.2) is 47.6 Å². The van der Waals surface area contributed by atoms with Crippen molar-refractivity contribution in [3.63, 3.8) is 0 Å². The summed E-state index contributed by atoms with van der Waals surface area (Å²) in [6, 6.07) is 13.8. The summed E-state index contributed by atoms with van der Waals surface area (Å²) >= 11 is 18.5. The number of benzene rings is 2. The molecule has 6 heteroatoms. The topological polar surface area (TPSA) is 37.3 Å². The first kappa shape index (κ1) is 16.6. The van der Waals surface area contributed by atoms with E-state index in [1.807, 2.05) is 25.1 Å². The number of hydrogen-bond donors (Lipinski definition) is 1. The first-order valence-corrected chi connectivity index (χ1v) is 8.99. The van der Waals surface area contributed by atoms with Crippen LogP contribution in [0.1, 0.15) is 29.2 Å². The molecule has 3 nitrogen and oxygen atoms in total. The Labute approximate surface area is 160 Å². The first-order chi connectivity index (χ1) is 12.0. The van der Waals surface area contributed by atoms with Crippen molar-refractivity contribution in [1.82, 2.24) is 10.4 Å². The van der Waals surface area contributed by atoms with Gasteiger partial charge in [-0.1, -0.05) is 53.0 Å². The highest BCUT2D eigenvalue weighted by Gasteiger charge is 2.24. The Kier molecular flexibility index (Phi) is 4.32. The van der Waals surface area contributed by atoms with Gasteiger partial charge in [0.25, 0.3) is 0 Å². The van der Waals surface area contributed by atoms with E-state index in [1.54, 1.807) is 6.07 Å². The van der Waals surface area contributed by atoms with Crippen LogP contribution in [0.2, 0.25) is 15.2 Å². The van der Waals surface area contributed by atoms with Gasteiger partial charge in [0.15, 0.2) is 0 Å². The summed E-state index contributed by atoms with van der Waals surface area (Å²) in [7, 11) is 0. The van der Waals surface area contributed by atoms with Gasteiger partial charge in [-0.25, -0.2) is 4.98 Å². The maximum Gasteiger partial charge on any atom is 0.135 e. The van der Waals surface area contributed by atoms with E-state index in [0.717, 1.165) is 33.3 Å². The molecule has 0 spiro atoms. The molecule has 1 aliphatic heterocycles. The van der Waals surface area contributed by atoms with Crippen molar-refractivity contribution in [2.75, 3.05) is 0 Å². The predicted molar refractivity (Wildman–Crippen MR) is 105 cm³/mol. The van der Waals surface area contributed by atoms with E-state index in [9.17, 15) is 0 Å². The van der Waals surface area contributed by atoms with Crippen LogP contribution in [0.25, 0.3) is 10.9 Å². The van der Waals surface area contributed by atoms with Gasteiger partial charge in [-0.15, -0.1) is 0 Å². The van der Waals surface area contributed by atoms with Crippen LogP contribution >= 0.6 is 34.8 Å². The van der Waals surface area contributed by atoms with Crippen LogP contribution in [0.5, 0.6) is 0 Å². The van der Waals surface area contributed by atoms with Crippen LogP contribution in [0.4, 0.5) is 0 Å². The lowest BCUT2D eigenvalue weighted by Crippen LogP contribution is -2.11. The zero-order valence-electron chi connectivity index (χ0n) is 13.4. The molecular formula is C19H14Cl3N3. The van der Waals surface area contributed by atoms with Crippen molar-refractivity contribution in [3.8, 4) is 0 Å². The normalized spacial score (nSPS) is 16.8. The highest BCUT2D eigenvalue weighted by molar-refractivity contribution is 6.42. The molecule has 1 aromatic heterocycles. The van der Waals surface area contributed by atoms with E-state index >= 15 is 0 Å². The SMILES string of the molecule is Cc1ccc2cc(C3CC(c4ccc(Cl)c(Cl)c4)=NN3)c(Cl)nc2c1. The van der Waals surface area contributed by atoms with Gasteiger partial charge in [0.1, 0.15) is 5.15 Å². The van der Waals surface area contributed by atoms with Crippen molar-refractivity contribution in [3.05, 3.63) is 74.4 Å². The molecule has 4 rings (SSSR count). The number of halogens is 3. The summed E-state index contributed by atoms with van der Waals surface area (Å²) in [4.78, 5) is 4.54. The van der Waals surface area contributed by atoms with E-state index in [-0.39, 0.29) is 6.04 Å². The molecule has 0 radical (unpaired) electrons. The molecule has 1 unspecified atom stereocenters. The number of nitrogens with one attached hydrogen (secondary N) is 1. The quantitative estimate of drug-likeness (QED) is 0.550. The summed E-state index contributed by atoms with van der Waals surface area (Å²) in [6.07, 6.45) is 0.705. The van der Waals surface area contributed by atoms with Gasteiger partial charge in [0.2, 0.25) is 0 Å². The Balaban J connectivity index is 1.64. The maximum absolute atomic E-state index is 6.43. The monoisotopic (exact) mass is 389 g/mol. The van der Waals surface area contributed by atoms with Crippen LogP contribution < -0.4 is 5.43 Å². The van der Waals surface area contributed by atoms with Crippen LogP contribution in [-0.4, -0.2) is 10.7 Å². The second-order valence-electron chi connectivity index (χ2n) is 6.14. The van der Waals surface area contributed by atoms with Gasteiger partial charge in [-0.2, -0.15) is 5.10 Å². The number of pyridine rings is 1. The van der Waals surface area contributed by atoms with E-state index in [0.29, 0.717) is 21.6 Å². The Hall–Kier alpha value is -1.81. The van der Waals surface area contributed by atoms with Crippen molar-refractivity contribution >= 4 is 51.4 Å². The minimum Gasteiger partial charge on any atom is -0.302 e. The summed E-state index contributed by atoms with van der Waals surface area (Å²) in [6.45, 7) is 2.04. The highest BCUT2D eigenvalue weighted by Crippen LogP contribution is 2.32. The molecule has 2 aromatic carbocycles. The smallest absolute Gasteiger partial charge is 0.135 e. The lowest BCUT2D eigenvalue weighted by atomic mass is 9.99. The minimum atomic E-state index is -0.0184. The predicted octanol–water partition coefficient (Wildman–Crippen LogP) is 5.94. The Morgan fingerprint density at radius 2 is 1.84 bits per heavy atom. The molecule has 0 bridgehead atoms. The molecule has 0 saturated heterocycles. The molecule has 126 valence electrons. The summed E-state index contributed by atoms with van der Waals surface area (Å²) in [5, 5.41) is 7.07. The number of aryl methyl sites for hydroxylation is 1. The fourth-order valence-electron chi connectivity index (χ4n) is 2.99. The first-order valence-electron chi connectivity index (χ1n) is 7.85. The molecule has 0 aliphatic carbocycles. The van der Waals surface area contributed by atoms with Crippen molar-refractivity contribution in [2.24, 2.45) is 5.10 Å². The number of hydrazone groups is 1. The molecular weight excluding hydrogens is 377 g/mol. The maximum atomic E-state index is 6.43. The molecule has 0 saturated carbocycles. The number of aromatic nitrogens is 1.